The van der Waals surface area contributed by atoms with E-state index in [-0.39, 0.29) is 12.0 Å². The van der Waals surface area contributed by atoms with E-state index in [4.69, 9.17) is 4.74 Å². The van der Waals surface area contributed by atoms with Gasteiger partial charge in [0.2, 0.25) is 0 Å². The minimum absolute atomic E-state index is 0.0881. The summed E-state index contributed by atoms with van der Waals surface area (Å²) in [6.45, 7) is 5.89. The molecule has 0 radical (unpaired) electrons. The molecule has 0 saturated heterocycles. The lowest BCUT2D eigenvalue weighted by Crippen LogP contribution is -2.14. The van der Waals surface area contributed by atoms with E-state index in [0.717, 1.165) is 22.7 Å². The molecule has 5 nitrogen and oxygen atoms in total. The second-order valence-electron chi connectivity index (χ2n) is 6.49. The Balaban J connectivity index is 1.69. The lowest BCUT2D eigenvalue weighted by atomic mass is 10.1. The highest BCUT2D eigenvalue weighted by Gasteiger charge is 2.10. The number of ether oxygens (including phenoxy) is 1. The van der Waals surface area contributed by atoms with Crippen molar-refractivity contribution >= 4 is 23.1 Å². The van der Waals surface area contributed by atoms with Crippen LogP contribution >= 0.6 is 0 Å². The van der Waals surface area contributed by atoms with Crippen LogP contribution in [0.15, 0.2) is 66.9 Å². The number of hydrogen-bond donors (Lipinski definition) is 2. The number of rotatable bonds is 6. The average molecular weight is 361 g/mol. The monoisotopic (exact) mass is 361 g/mol. The Hall–Kier alpha value is -3.34. The number of nitrogens with one attached hydrogen (secondary N) is 2. The average Bonchev–Trinajstić information content (AvgIpc) is 2.65. The third-order valence-corrected chi connectivity index (χ3v) is 3.92. The predicted molar refractivity (Wildman–Crippen MR) is 109 cm³/mol. The Kier molecular flexibility index (Phi) is 5.71. The minimum Gasteiger partial charge on any atom is -0.489 e. The van der Waals surface area contributed by atoms with Crippen LogP contribution in [0.4, 0.5) is 17.2 Å². The number of hydrogen-bond acceptors (Lipinski definition) is 4. The van der Waals surface area contributed by atoms with E-state index in [1.165, 1.54) is 0 Å². The van der Waals surface area contributed by atoms with Crippen molar-refractivity contribution in [2.75, 3.05) is 10.6 Å². The van der Waals surface area contributed by atoms with Crippen molar-refractivity contribution < 1.29 is 9.53 Å². The molecule has 0 unspecified atom stereocenters. The molecule has 3 aromatic rings. The Labute approximate surface area is 159 Å². The number of aromatic nitrogens is 1. The highest BCUT2D eigenvalue weighted by atomic mass is 16.5. The highest BCUT2D eigenvalue weighted by molar-refractivity contribution is 6.04. The summed E-state index contributed by atoms with van der Waals surface area (Å²) >= 11 is 0. The number of para-hydroxylation sites is 2. The third kappa shape index (κ3) is 4.85. The summed E-state index contributed by atoms with van der Waals surface area (Å²) in [4.78, 5) is 16.7. The maximum absolute atomic E-state index is 12.4. The second-order valence-corrected chi connectivity index (χ2v) is 6.49. The predicted octanol–water partition coefficient (Wildman–Crippen LogP) is 5.17. The van der Waals surface area contributed by atoms with Crippen molar-refractivity contribution in [3.63, 3.8) is 0 Å². The van der Waals surface area contributed by atoms with E-state index in [0.29, 0.717) is 11.4 Å². The van der Waals surface area contributed by atoms with Crippen LogP contribution in [-0.4, -0.2) is 17.0 Å². The number of anilines is 3. The summed E-state index contributed by atoms with van der Waals surface area (Å²) in [7, 11) is 0. The van der Waals surface area contributed by atoms with Crippen LogP contribution in [0.2, 0.25) is 0 Å². The van der Waals surface area contributed by atoms with Crippen molar-refractivity contribution in [2.45, 2.75) is 26.9 Å². The number of carbonyl (C=O) groups is 1. The first-order valence-electron chi connectivity index (χ1n) is 8.88. The van der Waals surface area contributed by atoms with Gasteiger partial charge in [0.15, 0.2) is 0 Å². The molecule has 0 atom stereocenters. The van der Waals surface area contributed by atoms with Gasteiger partial charge in [-0.2, -0.15) is 0 Å². The molecule has 2 aromatic carbocycles. The number of benzene rings is 2. The highest BCUT2D eigenvalue weighted by Crippen LogP contribution is 2.28. The van der Waals surface area contributed by atoms with Crippen molar-refractivity contribution in [3.05, 3.63) is 78.0 Å². The van der Waals surface area contributed by atoms with Gasteiger partial charge in [-0.1, -0.05) is 30.3 Å². The fraction of sp³-hybridized carbons (Fsp3) is 0.182. The molecule has 138 valence electrons. The minimum atomic E-state index is -0.169. The fourth-order valence-corrected chi connectivity index (χ4v) is 2.64. The lowest BCUT2D eigenvalue weighted by molar-refractivity contribution is 0.102. The Morgan fingerprint density at radius 2 is 1.74 bits per heavy atom. The molecule has 0 saturated carbocycles. The summed E-state index contributed by atoms with van der Waals surface area (Å²) < 4.78 is 5.81. The first kappa shape index (κ1) is 18.5. The SMILES string of the molecule is Cc1ccccc1C(=O)Nc1ccc(Nc2ccccc2OC(C)C)cn1. The van der Waals surface area contributed by atoms with Crippen molar-refractivity contribution in [1.29, 1.82) is 0 Å². The molecule has 0 fully saturated rings. The number of carbonyl (C=O) groups excluding carboxylic acids is 1. The Bertz CT molecular complexity index is 921. The van der Waals surface area contributed by atoms with Crippen LogP contribution in [0.25, 0.3) is 0 Å². The summed E-state index contributed by atoms with van der Waals surface area (Å²) in [6, 6.07) is 18.9. The largest absolute Gasteiger partial charge is 0.489 e. The van der Waals surface area contributed by atoms with Gasteiger partial charge in [-0.3, -0.25) is 4.79 Å². The van der Waals surface area contributed by atoms with E-state index < -0.39 is 0 Å². The Morgan fingerprint density at radius 1 is 1.00 bits per heavy atom. The van der Waals surface area contributed by atoms with E-state index in [1.807, 2.05) is 69.3 Å². The smallest absolute Gasteiger partial charge is 0.257 e. The van der Waals surface area contributed by atoms with Gasteiger partial charge in [0.1, 0.15) is 11.6 Å². The van der Waals surface area contributed by atoms with E-state index in [2.05, 4.69) is 15.6 Å². The molecule has 0 spiro atoms. The number of pyridine rings is 1. The molecular weight excluding hydrogens is 338 g/mol. The zero-order chi connectivity index (χ0) is 19.2. The quantitative estimate of drug-likeness (QED) is 0.635. The first-order chi connectivity index (χ1) is 13.0. The molecule has 27 heavy (non-hydrogen) atoms. The standard InChI is InChI=1S/C22H23N3O2/c1-15(2)27-20-11-7-6-10-19(20)24-17-12-13-21(23-14-17)25-22(26)18-9-5-4-8-16(18)3/h4-15,24H,1-3H3,(H,23,25,26). The van der Waals surface area contributed by atoms with Gasteiger partial charge in [0, 0.05) is 5.56 Å². The van der Waals surface area contributed by atoms with Gasteiger partial charge < -0.3 is 15.4 Å². The summed E-state index contributed by atoms with van der Waals surface area (Å²) in [5.41, 5.74) is 3.24. The van der Waals surface area contributed by atoms with Gasteiger partial charge >= 0.3 is 0 Å². The first-order valence-corrected chi connectivity index (χ1v) is 8.88. The normalized spacial score (nSPS) is 10.5. The van der Waals surface area contributed by atoms with Crippen molar-refractivity contribution in [1.82, 2.24) is 4.98 Å². The zero-order valence-electron chi connectivity index (χ0n) is 15.7. The van der Waals surface area contributed by atoms with Gasteiger partial charge in [0.25, 0.3) is 5.91 Å². The summed E-state index contributed by atoms with van der Waals surface area (Å²) in [6.07, 6.45) is 1.77. The maximum atomic E-state index is 12.4. The molecule has 2 N–H and O–H groups in total. The number of amides is 1. The van der Waals surface area contributed by atoms with Crippen LogP contribution in [0, 0.1) is 6.92 Å². The number of nitrogens with zero attached hydrogens (tertiary/aromatic N) is 1. The molecule has 1 heterocycles. The molecule has 0 aliphatic carbocycles. The molecule has 1 amide bonds. The molecule has 3 rings (SSSR count). The van der Waals surface area contributed by atoms with Crippen molar-refractivity contribution in [3.8, 4) is 5.75 Å². The van der Waals surface area contributed by atoms with Gasteiger partial charge in [-0.05, 0) is 56.7 Å². The molecule has 0 aliphatic heterocycles. The van der Waals surface area contributed by atoms with Gasteiger partial charge in [-0.15, -0.1) is 0 Å². The van der Waals surface area contributed by atoms with Crippen LogP contribution in [0.1, 0.15) is 29.8 Å². The molecule has 5 heteroatoms. The maximum Gasteiger partial charge on any atom is 0.257 e. The third-order valence-electron chi connectivity index (χ3n) is 3.92. The molecule has 0 bridgehead atoms. The van der Waals surface area contributed by atoms with Crippen LogP contribution in [-0.2, 0) is 0 Å². The summed E-state index contributed by atoms with van der Waals surface area (Å²) in [5.74, 6) is 1.11. The zero-order valence-corrected chi connectivity index (χ0v) is 15.7. The van der Waals surface area contributed by atoms with Crippen molar-refractivity contribution in [2.24, 2.45) is 0 Å². The van der Waals surface area contributed by atoms with Gasteiger partial charge in [0.05, 0.1) is 23.7 Å². The van der Waals surface area contributed by atoms with E-state index in [9.17, 15) is 4.79 Å². The van der Waals surface area contributed by atoms with E-state index in [1.54, 1.807) is 18.3 Å². The topological polar surface area (TPSA) is 63.2 Å². The van der Waals surface area contributed by atoms with Crippen LogP contribution in [0.3, 0.4) is 0 Å². The molecule has 0 aliphatic rings. The second kappa shape index (κ2) is 8.36. The van der Waals surface area contributed by atoms with Crippen LogP contribution < -0.4 is 15.4 Å². The van der Waals surface area contributed by atoms with E-state index >= 15 is 0 Å². The van der Waals surface area contributed by atoms with Crippen LogP contribution in [0.5, 0.6) is 5.75 Å². The summed E-state index contributed by atoms with van der Waals surface area (Å²) in [5, 5.41) is 6.12. The lowest BCUT2D eigenvalue weighted by Gasteiger charge is -2.15. The molecular formula is C22H23N3O2. The van der Waals surface area contributed by atoms with Gasteiger partial charge in [-0.25, -0.2) is 4.98 Å². The fourth-order valence-electron chi connectivity index (χ4n) is 2.64. The number of aryl methyl sites for hydroxylation is 1. The molecule has 1 aromatic heterocycles. The Morgan fingerprint density at radius 3 is 2.44 bits per heavy atom.